The molecule has 0 aliphatic heterocycles. The zero-order chi connectivity index (χ0) is 24.7. The quantitative estimate of drug-likeness (QED) is 0.453. The number of amides is 1. The predicted molar refractivity (Wildman–Crippen MR) is 126 cm³/mol. The number of halogens is 1. The molecule has 0 saturated carbocycles. The van der Waals surface area contributed by atoms with Gasteiger partial charge in [0, 0.05) is 5.69 Å². The molecule has 34 heavy (non-hydrogen) atoms. The lowest BCUT2D eigenvalue weighted by molar-refractivity contribution is -0.149. The minimum absolute atomic E-state index is 0.0496. The molecule has 178 valence electrons. The molecule has 0 heterocycles. The summed E-state index contributed by atoms with van der Waals surface area (Å²) in [5.41, 5.74) is 3.12. The van der Waals surface area contributed by atoms with Gasteiger partial charge in [-0.15, -0.1) is 0 Å². The molecule has 3 rings (SSSR count). The Hall–Kier alpha value is -3.56. The van der Waals surface area contributed by atoms with Crippen LogP contribution in [-0.4, -0.2) is 32.9 Å². The summed E-state index contributed by atoms with van der Waals surface area (Å²) in [5.74, 6) is -2.48. The van der Waals surface area contributed by atoms with Gasteiger partial charge in [-0.25, -0.2) is 12.8 Å². The van der Waals surface area contributed by atoms with Crippen molar-refractivity contribution < 1.29 is 27.1 Å². The molecule has 0 spiro atoms. The minimum atomic E-state index is -4.38. The van der Waals surface area contributed by atoms with E-state index in [1.807, 2.05) is 19.9 Å². The number of hydrogen-bond donors (Lipinski definition) is 2. The summed E-state index contributed by atoms with van der Waals surface area (Å²) in [6.45, 7) is 3.16. The highest BCUT2D eigenvalue weighted by atomic mass is 32.2. The summed E-state index contributed by atoms with van der Waals surface area (Å²) in [7, 11) is -4.38. The van der Waals surface area contributed by atoms with Gasteiger partial charge in [-0.05, 0) is 61.2 Å². The maximum Gasteiger partial charge on any atom is 0.325 e. The Morgan fingerprint density at radius 1 is 0.941 bits per heavy atom. The zero-order valence-corrected chi connectivity index (χ0v) is 19.6. The van der Waals surface area contributed by atoms with Crippen LogP contribution in [0.1, 0.15) is 16.7 Å². The monoisotopic (exact) mass is 484 g/mol. The standard InChI is InChI=1S/C25H25FN2O5S/c1-17-12-18(2)14-20(13-17)27-24(29)16-33-25(30)22(15-19-8-4-3-5-9-19)28-34(31,32)23-11-7-6-10-21(23)26/h3-14,22,28H,15-16H2,1-2H3,(H,27,29)/t22-/m0/s1. The lowest BCUT2D eigenvalue weighted by atomic mass is 10.1. The van der Waals surface area contributed by atoms with Crippen molar-refractivity contribution in [2.45, 2.75) is 31.2 Å². The first-order chi connectivity index (χ1) is 16.1. The SMILES string of the molecule is Cc1cc(C)cc(NC(=O)COC(=O)[C@H](Cc2ccccc2)NS(=O)(=O)c2ccccc2F)c1. The van der Waals surface area contributed by atoms with E-state index in [-0.39, 0.29) is 6.42 Å². The summed E-state index contributed by atoms with van der Waals surface area (Å²) in [6.07, 6.45) is -0.0496. The first kappa shape index (κ1) is 25.1. The molecule has 0 unspecified atom stereocenters. The third-order valence-corrected chi connectivity index (χ3v) is 6.35. The minimum Gasteiger partial charge on any atom is -0.454 e. The van der Waals surface area contributed by atoms with E-state index in [2.05, 4.69) is 10.0 Å². The van der Waals surface area contributed by atoms with Gasteiger partial charge < -0.3 is 10.1 Å². The fraction of sp³-hybridized carbons (Fsp3) is 0.200. The lowest BCUT2D eigenvalue weighted by Crippen LogP contribution is -2.44. The van der Waals surface area contributed by atoms with Crippen LogP contribution in [0, 0.1) is 19.7 Å². The van der Waals surface area contributed by atoms with E-state index >= 15 is 0 Å². The molecule has 7 nitrogen and oxygen atoms in total. The molecule has 0 bridgehead atoms. The average molecular weight is 485 g/mol. The van der Waals surface area contributed by atoms with Crippen LogP contribution in [0.5, 0.6) is 0 Å². The van der Waals surface area contributed by atoms with Gasteiger partial charge >= 0.3 is 5.97 Å². The third kappa shape index (κ3) is 6.97. The number of ether oxygens (including phenoxy) is 1. The van der Waals surface area contributed by atoms with Gasteiger partial charge in [0.15, 0.2) is 6.61 Å². The summed E-state index contributed by atoms with van der Waals surface area (Å²) in [6, 6.07) is 17.6. The second-order valence-corrected chi connectivity index (χ2v) is 9.51. The lowest BCUT2D eigenvalue weighted by Gasteiger charge is -2.18. The Morgan fingerprint density at radius 3 is 2.21 bits per heavy atom. The maximum atomic E-state index is 14.1. The topological polar surface area (TPSA) is 102 Å². The third-order valence-electron chi connectivity index (χ3n) is 4.84. The number of hydrogen-bond acceptors (Lipinski definition) is 5. The van der Waals surface area contributed by atoms with E-state index in [0.29, 0.717) is 11.3 Å². The average Bonchev–Trinajstić information content (AvgIpc) is 2.77. The van der Waals surface area contributed by atoms with Gasteiger partial charge in [-0.1, -0.05) is 48.5 Å². The fourth-order valence-electron chi connectivity index (χ4n) is 3.42. The largest absolute Gasteiger partial charge is 0.454 e. The van der Waals surface area contributed by atoms with Gasteiger partial charge in [0.25, 0.3) is 5.91 Å². The Bertz CT molecular complexity index is 1260. The molecular formula is C25H25FN2O5S. The first-order valence-electron chi connectivity index (χ1n) is 10.5. The Kier molecular flexibility index (Phi) is 8.14. The second kappa shape index (κ2) is 11.0. The van der Waals surface area contributed by atoms with Crippen LogP contribution in [0.15, 0.2) is 77.7 Å². The number of aryl methyl sites for hydroxylation is 2. The molecule has 0 aliphatic carbocycles. The fourth-order valence-corrected chi connectivity index (χ4v) is 4.68. The number of carbonyl (C=O) groups excluding carboxylic acids is 2. The smallest absolute Gasteiger partial charge is 0.325 e. The number of rotatable bonds is 9. The van der Waals surface area contributed by atoms with Crippen molar-refractivity contribution in [2.24, 2.45) is 0 Å². The predicted octanol–water partition coefficient (Wildman–Crippen LogP) is 3.51. The molecule has 9 heteroatoms. The van der Waals surface area contributed by atoms with Crippen molar-refractivity contribution in [1.82, 2.24) is 4.72 Å². The van der Waals surface area contributed by atoms with E-state index in [1.165, 1.54) is 12.1 Å². The van der Waals surface area contributed by atoms with Crippen molar-refractivity contribution in [2.75, 3.05) is 11.9 Å². The normalized spacial score (nSPS) is 12.1. The van der Waals surface area contributed by atoms with E-state index in [1.54, 1.807) is 42.5 Å². The highest BCUT2D eigenvalue weighted by Crippen LogP contribution is 2.16. The summed E-state index contributed by atoms with van der Waals surface area (Å²) >= 11 is 0. The highest BCUT2D eigenvalue weighted by molar-refractivity contribution is 7.89. The molecule has 1 atom stereocenters. The van der Waals surface area contributed by atoms with Gasteiger partial charge in [-0.2, -0.15) is 4.72 Å². The molecule has 0 aromatic heterocycles. The van der Waals surface area contributed by atoms with E-state index in [9.17, 15) is 22.4 Å². The first-order valence-corrected chi connectivity index (χ1v) is 12.0. The van der Waals surface area contributed by atoms with Crippen LogP contribution in [0.4, 0.5) is 10.1 Å². The zero-order valence-electron chi connectivity index (χ0n) is 18.7. The van der Waals surface area contributed by atoms with Gasteiger partial charge in [-0.3, -0.25) is 9.59 Å². The Balaban J connectivity index is 1.72. The molecule has 1 amide bonds. The van der Waals surface area contributed by atoms with E-state index < -0.39 is 45.3 Å². The van der Waals surface area contributed by atoms with Crippen LogP contribution in [0.2, 0.25) is 0 Å². The number of anilines is 1. The molecule has 3 aromatic rings. The van der Waals surface area contributed by atoms with Crippen molar-refractivity contribution in [1.29, 1.82) is 0 Å². The van der Waals surface area contributed by atoms with Crippen molar-refractivity contribution in [3.05, 3.63) is 95.3 Å². The van der Waals surface area contributed by atoms with Gasteiger partial charge in [0.1, 0.15) is 16.8 Å². The van der Waals surface area contributed by atoms with Crippen molar-refractivity contribution >= 4 is 27.6 Å². The number of sulfonamides is 1. The van der Waals surface area contributed by atoms with E-state index in [4.69, 9.17) is 4.74 Å². The molecule has 0 fully saturated rings. The molecule has 0 aliphatic rings. The number of benzene rings is 3. The van der Waals surface area contributed by atoms with Crippen LogP contribution < -0.4 is 10.0 Å². The summed E-state index contributed by atoms with van der Waals surface area (Å²) < 4.78 is 46.9. The molecular weight excluding hydrogens is 459 g/mol. The molecule has 3 aromatic carbocycles. The Labute approximate surface area is 198 Å². The van der Waals surface area contributed by atoms with Crippen molar-refractivity contribution in [3.8, 4) is 0 Å². The number of nitrogens with one attached hydrogen (secondary N) is 2. The maximum absolute atomic E-state index is 14.1. The summed E-state index contributed by atoms with van der Waals surface area (Å²) in [4.78, 5) is 24.5. The summed E-state index contributed by atoms with van der Waals surface area (Å²) in [5, 5.41) is 2.64. The number of esters is 1. The van der Waals surface area contributed by atoms with Crippen LogP contribution >= 0.6 is 0 Å². The van der Waals surface area contributed by atoms with Gasteiger partial charge in [0.2, 0.25) is 10.0 Å². The van der Waals surface area contributed by atoms with Crippen LogP contribution in [0.3, 0.4) is 0 Å². The van der Waals surface area contributed by atoms with Crippen LogP contribution in [0.25, 0.3) is 0 Å². The molecule has 0 saturated heterocycles. The van der Waals surface area contributed by atoms with Crippen molar-refractivity contribution in [3.63, 3.8) is 0 Å². The molecule has 2 N–H and O–H groups in total. The highest BCUT2D eigenvalue weighted by Gasteiger charge is 2.29. The van der Waals surface area contributed by atoms with Gasteiger partial charge in [0.05, 0.1) is 0 Å². The second-order valence-electron chi connectivity index (χ2n) is 7.83. The van der Waals surface area contributed by atoms with Crippen LogP contribution in [-0.2, 0) is 30.8 Å². The molecule has 0 radical (unpaired) electrons. The Morgan fingerprint density at radius 2 is 1.56 bits per heavy atom. The van der Waals surface area contributed by atoms with E-state index in [0.717, 1.165) is 23.3 Å². The number of carbonyl (C=O) groups is 2.